The number of aromatic nitrogens is 1. The number of carbonyl (C=O) groups excluding carboxylic acids is 1. The molecule has 0 aliphatic rings. The number of carboxylic acid groups (broad SMARTS) is 1. The zero-order chi connectivity index (χ0) is 15.4. The van der Waals surface area contributed by atoms with Crippen molar-refractivity contribution in [1.29, 1.82) is 0 Å². The lowest BCUT2D eigenvalue weighted by molar-refractivity contribution is -0.139. The first-order valence-corrected chi connectivity index (χ1v) is 7.09. The summed E-state index contributed by atoms with van der Waals surface area (Å²) in [7, 11) is 0. The summed E-state index contributed by atoms with van der Waals surface area (Å²) in [4.78, 5) is 27.0. The maximum absolute atomic E-state index is 11.8. The molecule has 0 fully saturated rings. The van der Waals surface area contributed by atoms with Crippen molar-refractivity contribution in [2.45, 2.75) is 19.4 Å². The molecule has 0 saturated heterocycles. The van der Waals surface area contributed by atoms with Gasteiger partial charge in [-0.05, 0) is 31.0 Å². The topological polar surface area (TPSA) is 91.3 Å². The van der Waals surface area contributed by atoms with Crippen molar-refractivity contribution in [1.82, 2.24) is 10.3 Å². The number of carboxylic acids is 1. The zero-order valence-electron chi connectivity index (χ0n) is 11.4. The van der Waals surface area contributed by atoms with E-state index in [-0.39, 0.29) is 6.42 Å². The van der Waals surface area contributed by atoms with Gasteiger partial charge in [-0.15, -0.1) is 6.58 Å². The number of aryl methyl sites for hydroxylation is 1. The van der Waals surface area contributed by atoms with Gasteiger partial charge in [0.25, 0.3) is 0 Å². The highest BCUT2D eigenvalue weighted by Crippen LogP contribution is 2.26. The fourth-order valence-corrected chi connectivity index (χ4v) is 2.72. The summed E-state index contributed by atoms with van der Waals surface area (Å²) in [5, 5.41) is 14.3. The van der Waals surface area contributed by atoms with E-state index in [2.05, 4.69) is 22.2 Å². The molecule has 0 bridgehead atoms. The van der Waals surface area contributed by atoms with E-state index in [9.17, 15) is 9.59 Å². The molecule has 21 heavy (non-hydrogen) atoms. The first-order valence-electron chi connectivity index (χ1n) is 6.28. The third kappa shape index (κ3) is 3.79. The third-order valence-electron chi connectivity index (χ3n) is 2.77. The number of aliphatic carboxylic acids is 1. The largest absolute Gasteiger partial charge is 0.480 e. The second kappa shape index (κ2) is 6.36. The Labute approximate surface area is 125 Å². The van der Waals surface area contributed by atoms with Crippen LogP contribution in [0.15, 0.2) is 30.9 Å². The SMILES string of the molecule is C=CCC(NC(=O)Nc1nc2ccc(C)cc2s1)C(=O)O. The number of thiazole rings is 1. The molecule has 6 nitrogen and oxygen atoms in total. The van der Waals surface area contributed by atoms with Crippen LogP contribution in [0.3, 0.4) is 0 Å². The maximum atomic E-state index is 11.8. The van der Waals surface area contributed by atoms with E-state index >= 15 is 0 Å². The van der Waals surface area contributed by atoms with Crippen molar-refractivity contribution in [3.05, 3.63) is 36.4 Å². The number of hydrogen-bond acceptors (Lipinski definition) is 4. The van der Waals surface area contributed by atoms with E-state index in [4.69, 9.17) is 5.11 Å². The Morgan fingerprint density at radius 3 is 2.95 bits per heavy atom. The number of urea groups is 1. The van der Waals surface area contributed by atoms with Crippen molar-refractivity contribution in [3.8, 4) is 0 Å². The number of hydrogen-bond donors (Lipinski definition) is 3. The van der Waals surface area contributed by atoms with Gasteiger partial charge in [0.05, 0.1) is 10.2 Å². The van der Waals surface area contributed by atoms with Gasteiger partial charge in [0.2, 0.25) is 0 Å². The molecule has 1 unspecified atom stereocenters. The van der Waals surface area contributed by atoms with Gasteiger partial charge in [-0.3, -0.25) is 5.32 Å². The summed E-state index contributed by atoms with van der Waals surface area (Å²) in [6, 6.07) is 4.20. The molecule has 110 valence electrons. The molecule has 3 N–H and O–H groups in total. The van der Waals surface area contributed by atoms with Crippen molar-refractivity contribution < 1.29 is 14.7 Å². The fraction of sp³-hybridized carbons (Fsp3) is 0.214. The van der Waals surface area contributed by atoms with E-state index in [0.29, 0.717) is 5.13 Å². The van der Waals surface area contributed by atoms with Crippen LogP contribution in [0.4, 0.5) is 9.93 Å². The molecular formula is C14H15N3O3S. The predicted molar refractivity (Wildman–Crippen MR) is 82.7 cm³/mol. The molecule has 7 heteroatoms. The smallest absolute Gasteiger partial charge is 0.326 e. The minimum absolute atomic E-state index is 0.155. The minimum atomic E-state index is -1.11. The number of nitrogens with zero attached hydrogens (tertiary/aromatic N) is 1. The summed E-state index contributed by atoms with van der Waals surface area (Å²) in [6.45, 7) is 5.44. The predicted octanol–water partition coefficient (Wildman–Crippen LogP) is 2.76. The fourth-order valence-electron chi connectivity index (χ4n) is 1.76. The third-order valence-corrected chi connectivity index (χ3v) is 3.70. The van der Waals surface area contributed by atoms with Crippen molar-refractivity contribution in [2.75, 3.05) is 5.32 Å². The zero-order valence-corrected chi connectivity index (χ0v) is 12.2. The second-order valence-corrected chi connectivity index (χ2v) is 5.53. The molecule has 1 heterocycles. The van der Waals surface area contributed by atoms with Gasteiger partial charge >= 0.3 is 12.0 Å². The van der Waals surface area contributed by atoms with Crippen LogP contribution in [0.1, 0.15) is 12.0 Å². The van der Waals surface area contributed by atoms with Gasteiger partial charge in [0.15, 0.2) is 5.13 Å². The van der Waals surface area contributed by atoms with Gasteiger partial charge < -0.3 is 10.4 Å². The Morgan fingerprint density at radius 1 is 1.52 bits per heavy atom. The summed E-state index contributed by atoms with van der Waals surface area (Å²) >= 11 is 1.34. The number of fused-ring (bicyclic) bond motifs is 1. The molecule has 0 spiro atoms. The van der Waals surface area contributed by atoms with E-state index in [0.717, 1.165) is 15.8 Å². The highest BCUT2D eigenvalue weighted by atomic mass is 32.1. The standard InChI is InChI=1S/C14H15N3O3S/c1-3-4-10(12(18)19)15-13(20)17-14-16-9-6-5-8(2)7-11(9)21-14/h3,5-7,10H,1,4H2,2H3,(H,18,19)(H2,15,16,17,20). The molecule has 1 atom stereocenters. The van der Waals surface area contributed by atoms with E-state index in [1.54, 1.807) is 0 Å². The minimum Gasteiger partial charge on any atom is -0.480 e. The summed E-state index contributed by atoms with van der Waals surface area (Å²) in [5.74, 6) is -1.11. The van der Waals surface area contributed by atoms with Gasteiger partial charge in [0.1, 0.15) is 6.04 Å². The number of benzene rings is 1. The van der Waals surface area contributed by atoms with Gasteiger partial charge in [0, 0.05) is 0 Å². The van der Waals surface area contributed by atoms with Crippen LogP contribution in [-0.2, 0) is 4.79 Å². The Balaban J connectivity index is 2.06. The van der Waals surface area contributed by atoms with Crippen LogP contribution in [0.5, 0.6) is 0 Å². The van der Waals surface area contributed by atoms with Crippen molar-refractivity contribution in [2.24, 2.45) is 0 Å². The van der Waals surface area contributed by atoms with Crippen molar-refractivity contribution >= 4 is 38.7 Å². The van der Waals surface area contributed by atoms with Crippen LogP contribution < -0.4 is 10.6 Å². The van der Waals surface area contributed by atoms with Crippen LogP contribution in [-0.4, -0.2) is 28.1 Å². The number of anilines is 1. The van der Waals surface area contributed by atoms with Gasteiger partial charge in [-0.1, -0.05) is 23.5 Å². The van der Waals surface area contributed by atoms with E-state index in [1.165, 1.54) is 17.4 Å². The average Bonchev–Trinajstić information content (AvgIpc) is 2.79. The number of nitrogens with one attached hydrogen (secondary N) is 2. The number of carbonyl (C=O) groups is 2. The maximum Gasteiger partial charge on any atom is 0.326 e. The van der Waals surface area contributed by atoms with Gasteiger partial charge in [-0.2, -0.15) is 0 Å². The Hall–Kier alpha value is -2.41. The number of rotatable bonds is 5. The van der Waals surface area contributed by atoms with Crippen LogP contribution in [0.25, 0.3) is 10.2 Å². The monoisotopic (exact) mass is 305 g/mol. The second-order valence-electron chi connectivity index (χ2n) is 4.50. The Bertz CT molecular complexity index is 696. The molecule has 1 aromatic carbocycles. The quantitative estimate of drug-likeness (QED) is 0.741. The first kappa shape index (κ1) is 15.0. The lowest BCUT2D eigenvalue weighted by Crippen LogP contribution is -2.42. The first-order chi connectivity index (χ1) is 9.99. The molecule has 0 radical (unpaired) electrons. The van der Waals surface area contributed by atoms with Crippen LogP contribution in [0.2, 0.25) is 0 Å². The average molecular weight is 305 g/mol. The number of amides is 2. The normalized spacial score (nSPS) is 11.9. The molecular weight excluding hydrogens is 290 g/mol. The molecule has 0 aliphatic carbocycles. The molecule has 2 aromatic rings. The lowest BCUT2D eigenvalue weighted by atomic mass is 10.2. The van der Waals surface area contributed by atoms with E-state index < -0.39 is 18.0 Å². The summed E-state index contributed by atoms with van der Waals surface area (Å²) in [6.07, 6.45) is 1.60. The molecule has 1 aromatic heterocycles. The Morgan fingerprint density at radius 2 is 2.29 bits per heavy atom. The van der Waals surface area contributed by atoms with Crippen LogP contribution >= 0.6 is 11.3 Å². The van der Waals surface area contributed by atoms with E-state index in [1.807, 2.05) is 25.1 Å². The highest BCUT2D eigenvalue weighted by Gasteiger charge is 2.18. The summed E-state index contributed by atoms with van der Waals surface area (Å²) < 4.78 is 0.964. The molecule has 0 aliphatic heterocycles. The highest BCUT2D eigenvalue weighted by molar-refractivity contribution is 7.22. The molecule has 0 saturated carbocycles. The summed E-state index contributed by atoms with van der Waals surface area (Å²) in [5.41, 5.74) is 1.90. The molecule has 2 rings (SSSR count). The van der Waals surface area contributed by atoms with Crippen LogP contribution in [0, 0.1) is 6.92 Å². The lowest BCUT2D eigenvalue weighted by Gasteiger charge is -2.12. The van der Waals surface area contributed by atoms with Gasteiger partial charge in [-0.25, -0.2) is 14.6 Å². The molecule has 2 amide bonds. The Kier molecular flexibility index (Phi) is 4.54. The van der Waals surface area contributed by atoms with Crippen molar-refractivity contribution in [3.63, 3.8) is 0 Å².